The molecule has 1 N–H and O–H groups in total. The number of aromatic nitrogens is 1. The standard InChI is InChI=1S/C15H6BrClF4N2O/c16-9-6-8(4-5-10-11(17)2-1-3-12(10)18)13(22-7-9)23-14(24)15(19,20)21/h1-3,6-7H,(H,22,23,24). The van der Waals surface area contributed by atoms with E-state index in [1.165, 1.54) is 24.4 Å². The Morgan fingerprint density at radius 3 is 2.62 bits per heavy atom. The molecule has 0 saturated carbocycles. The Bertz CT molecular complexity index is 839. The number of hydrogen-bond acceptors (Lipinski definition) is 2. The van der Waals surface area contributed by atoms with Gasteiger partial charge >= 0.3 is 12.1 Å². The monoisotopic (exact) mass is 420 g/mol. The highest BCUT2D eigenvalue weighted by Gasteiger charge is 2.39. The average molecular weight is 422 g/mol. The summed E-state index contributed by atoms with van der Waals surface area (Å²) < 4.78 is 51.1. The number of nitrogens with one attached hydrogen (secondary N) is 1. The van der Waals surface area contributed by atoms with Crippen LogP contribution in [-0.2, 0) is 4.79 Å². The zero-order valence-corrected chi connectivity index (χ0v) is 13.9. The Kier molecular flexibility index (Phi) is 5.47. The summed E-state index contributed by atoms with van der Waals surface area (Å²) in [5.74, 6) is 1.61. The van der Waals surface area contributed by atoms with E-state index < -0.39 is 23.7 Å². The lowest BCUT2D eigenvalue weighted by atomic mass is 10.2. The molecule has 1 heterocycles. The number of rotatable bonds is 1. The van der Waals surface area contributed by atoms with Crippen molar-refractivity contribution in [3.63, 3.8) is 0 Å². The predicted octanol–water partition coefficient (Wildman–Crippen LogP) is 4.54. The maximum Gasteiger partial charge on any atom is 0.471 e. The Balaban J connectivity index is 2.43. The zero-order chi connectivity index (χ0) is 17.9. The number of halogens is 6. The maximum absolute atomic E-state index is 13.7. The van der Waals surface area contributed by atoms with Crippen LogP contribution in [0.15, 0.2) is 34.9 Å². The smallest absolute Gasteiger partial charge is 0.302 e. The molecule has 0 spiro atoms. The number of anilines is 1. The molecule has 9 heteroatoms. The fraction of sp³-hybridized carbons (Fsp3) is 0.0667. The van der Waals surface area contributed by atoms with E-state index in [1.54, 1.807) is 5.32 Å². The molecule has 0 fully saturated rings. The fourth-order valence-corrected chi connectivity index (χ4v) is 2.10. The van der Waals surface area contributed by atoms with Crippen LogP contribution in [0.2, 0.25) is 5.02 Å². The Morgan fingerprint density at radius 2 is 2.00 bits per heavy atom. The molecule has 0 aliphatic heterocycles. The van der Waals surface area contributed by atoms with Gasteiger partial charge in [-0.3, -0.25) is 4.79 Å². The van der Waals surface area contributed by atoms with E-state index >= 15 is 0 Å². The number of pyridine rings is 1. The van der Waals surface area contributed by atoms with Crippen molar-refractivity contribution in [1.82, 2.24) is 4.98 Å². The molecule has 0 aliphatic carbocycles. The molecule has 3 nitrogen and oxygen atoms in total. The quantitative estimate of drug-likeness (QED) is 0.543. The fourth-order valence-electron chi connectivity index (χ4n) is 1.56. The topological polar surface area (TPSA) is 42.0 Å². The van der Waals surface area contributed by atoms with Gasteiger partial charge in [0.2, 0.25) is 0 Å². The van der Waals surface area contributed by atoms with Crippen LogP contribution in [0.4, 0.5) is 23.4 Å². The highest BCUT2D eigenvalue weighted by atomic mass is 79.9. The van der Waals surface area contributed by atoms with E-state index in [1.807, 2.05) is 0 Å². The average Bonchev–Trinajstić information content (AvgIpc) is 2.48. The normalized spacial score (nSPS) is 10.8. The van der Waals surface area contributed by atoms with Crippen LogP contribution in [-0.4, -0.2) is 17.1 Å². The third-order valence-electron chi connectivity index (χ3n) is 2.63. The second kappa shape index (κ2) is 7.20. The SMILES string of the molecule is O=C(Nc1ncc(Br)cc1C#Cc1c(F)cccc1Cl)C(F)(F)F. The third kappa shape index (κ3) is 4.46. The van der Waals surface area contributed by atoms with Gasteiger partial charge in [0.15, 0.2) is 0 Å². The molecule has 0 aliphatic rings. The number of alkyl halides is 3. The minimum atomic E-state index is -5.08. The number of amides is 1. The van der Waals surface area contributed by atoms with Gasteiger partial charge in [-0.2, -0.15) is 13.2 Å². The van der Waals surface area contributed by atoms with Crippen molar-refractivity contribution in [1.29, 1.82) is 0 Å². The second-order valence-corrected chi connectivity index (χ2v) is 5.67. The van der Waals surface area contributed by atoms with Gasteiger partial charge in [-0.15, -0.1) is 0 Å². The molecule has 124 valence electrons. The highest BCUT2D eigenvalue weighted by molar-refractivity contribution is 9.10. The largest absolute Gasteiger partial charge is 0.471 e. The van der Waals surface area contributed by atoms with Crippen molar-refractivity contribution in [2.75, 3.05) is 5.32 Å². The van der Waals surface area contributed by atoms with E-state index in [9.17, 15) is 22.4 Å². The van der Waals surface area contributed by atoms with Gasteiger partial charge in [-0.1, -0.05) is 29.5 Å². The van der Waals surface area contributed by atoms with Gasteiger partial charge in [0, 0.05) is 10.7 Å². The van der Waals surface area contributed by atoms with Crippen molar-refractivity contribution in [3.8, 4) is 11.8 Å². The van der Waals surface area contributed by atoms with Gasteiger partial charge in [0.25, 0.3) is 0 Å². The van der Waals surface area contributed by atoms with Crippen LogP contribution in [0.25, 0.3) is 0 Å². The summed E-state index contributed by atoms with van der Waals surface area (Å²) in [5.41, 5.74) is -0.159. The Hall–Kier alpha value is -2.11. The van der Waals surface area contributed by atoms with Gasteiger partial charge in [-0.05, 0) is 34.1 Å². The molecule has 24 heavy (non-hydrogen) atoms. The Labute approximate surface area is 147 Å². The highest BCUT2D eigenvalue weighted by Crippen LogP contribution is 2.22. The number of hydrogen-bond donors (Lipinski definition) is 1. The van der Waals surface area contributed by atoms with E-state index in [-0.39, 0.29) is 16.1 Å². The van der Waals surface area contributed by atoms with Crippen LogP contribution in [0.5, 0.6) is 0 Å². The van der Waals surface area contributed by atoms with Crippen molar-refractivity contribution < 1.29 is 22.4 Å². The van der Waals surface area contributed by atoms with Gasteiger partial charge in [0.05, 0.1) is 16.1 Å². The van der Waals surface area contributed by atoms with Crippen molar-refractivity contribution in [2.45, 2.75) is 6.18 Å². The molecule has 2 aromatic rings. The van der Waals surface area contributed by atoms with E-state index in [0.29, 0.717) is 4.47 Å². The van der Waals surface area contributed by atoms with Crippen molar-refractivity contribution in [3.05, 3.63) is 56.9 Å². The summed E-state index contributed by atoms with van der Waals surface area (Å²) in [7, 11) is 0. The maximum atomic E-state index is 13.7. The first-order valence-corrected chi connectivity index (χ1v) is 7.35. The van der Waals surface area contributed by atoms with E-state index in [2.05, 4.69) is 32.8 Å². The summed E-state index contributed by atoms with van der Waals surface area (Å²) in [4.78, 5) is 14.7. The molecule has 0 saturated heterocycles. The number of carbonyl (C=O) groups is 1. The molecule has 1 amide bonds. The zero-order valence-electron chi connectivity index (χ0n) is 11.5. The lowest BCUT2D eigenvalue weighted by Gasteiger charge is -2.09. The molecular formula is C15H6BrClF4N2O. The first-order valence-electron chi connectivity index (χ1n) is 6.18. The predicted molar refractivity (Wildman–Crippen MR) is 84.0 cm³/mol. The molecule has 0 radical (unpaired) electrons. The minimum absolute atomic E-state index is 0.0405. The number of benzene rings is 1. The van der Waals surface area contributed by atoms with Crippen LogP contribution in [0.3, 0.4) is 0 Å². The minimum Gasteiger partial charge on any atom is -0.302 e. The van der Waals surface area contributed by atoms with Gasteiger partial charge < -0.3 is 5.32 Å². The first kappa shape index (κ1) is 18.2. The lowest BCUT2D eigenvalue weighted by Crippen LogP contribution is -2.30. The van der Waals surface area contributed by atoms with E-state index in [4.69, 9.17) is 11.6 Å². The summed E-state index contributed by atoms with van der Waals surface area (Å²) in [5, 5.41) is 1.67. The van der Waals surface area contributed by atoms with Gasteiger partial charge in [0.1, 0.15) is 11.6 Å². The lowest BCUT2D eigenvalue weighted by molar-refractivity contribution is -0.167. The molecular weight excluding hydrogens is 416 g/mol. The van der Waals surface area contributed by atoms with Crippen LogP contribution in [0, 0.1) is 17.7 Å². The van der Waals surface area contributed by atoms with Crippen LogP contribution >= 0.6 is 27.5 Å². The summed E-state index contributed by atoms with van der Waals surface area (Å²) >= 11 is 8.92. The second-order valence-electron chi connectivity index (χ2n) is 4.35. The molecule has 2 rings (SSSR count). The Morgan fingerprint density at radius 1 is 1.29 bits per heavy atom. The van der Waals surface area contributed by atoms with Gasteiger partial charge in [-0.25, -0.2) is 9.37 Å². The van der Waals surface area contributed by atoms with Crippen molar-refractivity contribution >= 4 is 39.3 Å². The third-order valence-corrected chi connectivity index (χ3v) is 3.38. The molecule has 0 atom stereocenters. The summed E-state index contributed by atoms with van der Waals surface area (Å²) in [6, 6.07) is 5.28. The molecule has 1 aromatic carbocycles. The molecule has 0 bridgehead atoms. The van der Waals surface area contributed by atoms with Crippen LogP contribution < -0.4 is 5.32 Å². The van der Waals surface area contributed by atoms with Crippen molar-refractivity contribution in [2.24, 2.45) is 0 Å². The molecule has 0 unspecified atom stereocenters. The summed E-state index contributed by atoms with van der Waals surface area (Å²) in [6.07, 6.45) is -3.89. The first-order chi connectivity index (χ1) is 11.2. The van der Waals surface area contributed by atoms with E-state index in [0.717, 1.165) is 6.07 Å². The van der Waals surface area contributed by atoms with Crippen LogP contribution in [0.1, 0.15) is 11.1 Å². The summed E-state index contributed by atoms with van der Waals surface area (Å²) in [6.45, 7) is 0. The number of carbonyl (C=O) groups excluding carboxylic acids is 1. The molecule has 1 aromatic heterocycles. The number of nitrogens with zero attached hydrogens (tertiary/aromatic N) is 1.